The van der Waals surface area contributed by atoms with Crippen molar-refractivity contribution in [1.82, 2.24) is 0 Å². The second-order valence-corrected chi connectivity index (χ2v) is 5.24. The minimum absolute atomic E-state index is 1.37. The molecule has 2 heteroatoms. The van der Waals surface area contributed by atoms with Crippen LogP contribution in [0.1, 0.15) is 104 Å². The molecule has 0 saturated carbocycles. The molecule has 0 rings (SSSR count). The fourth-order valence-electron chi connectivity index (χ4n) is 2.27. The molecule has 0 aromatic carbocycles. The van der Waals surface area contributed by atoms with Crippen molar-refractivity contribution in [3.63, 3.8) is 0 Å². The van der Waals surface area contributed by atoms with Crippen LogP contribution in [-0.4, -0.2) is 27.3 Å². The molecule has 0 aliphatic carbocycles. The van der Waals surface area contributed by atoms with Crippen LogP contribution >= 0.6 is 0 Å². The fraction of sp³-hybridized carbons (Fsp3) is 1.00. The van der Waals surface area contributed by atoms with E-state index in [0.29, 0.717) is 0 Å². The SMILES string of the molecule is CCCCCCCCCCCCCCCC.[Se]=[SeH2]. The summed E-state index contributed by atoms with van der Waals surface area (Å²) in [6.07, 6.45) is 20.4. The average molecular weight is 386 g/mol. The van der Waals surface area contributed by atoms with Gasteiger partial charge in [-0.1, -0.05) is 104 Å². The standard InChI is InChI=1S/C16H34.H2Se2/c1-3-5-7-9-11-13-15-16-14-12-10-8-6-4-2;1-2/h3-16H2,1-2H3;1H2. The van der Waals surface area contributed by atoms with Gasteiger partial charge in [-0.15, -0.1) is 0 Å². The zero-order valence-corrected chi connectivity index (χ0v) is 16.6. The van der Waals surface area contributed by atoms with Gasteiger partial charge in [0.05, 0.1) is 0 Å². The molecular formula is C16H36Se2. The van der Waals surface area contributed by atoms with Crippen molar-refractivity contribution in [3.05, 3.63) is 0 Å². The number of hydrogen-bond acceptors (Lipinski definition) is 0. The normalized spacial score (nSPS) is 9.94. The summed E-state index contributed by atoms with van der Waals surface area (Å²) in [5.74, 6) is 0. The number of hydrogen-bond donors (Lipinski definition) is 0. The van der Waals surface area contributed by atoms with Crippen molar-refractivity contribution in [2.24, 2.45) is 0 Å². The van der Waals surface area contributed by atoms with Crippen LogP contribution in [0.15, 0.2) is 0 Å². The van der Waals surface area contributed by atoms with Gasteiger partial charge in [0.1, 0.15) is 0 Å². The van der Waals surface area contributed by atoms with Crippen LogP contribution in [0.3, 0.4) is 0 Å². The summed E-state index contributed by atoms with van der Waals surface area (Å²) in [4.78, 5) is 0. The van der Waals surface area contributed by atoms with Crippen molar-refractivity contribution in [1.29, 1.82) is 0 Å². The predicted octanol–water partition coefficient (Wildman–Crippen LogP) is 5.19. The topological polar surface area (TPSA) is 0 Å². The molecule has 0 aliphatic heterocycles. The Balaban J connectivity index is 0. The molecule has 0 heterocycles. The first kappa shape index (κ1) is 21.3. The molecule has 0 aliphatic rings. The number of rotatable bonds is 13. The first-order chi connectivity index (χ1) is 8.91. The molecule has 0 N–H and O–H groups in total. The van der Waals surface area contributed by atoms with Crippen molar-refractivity contribution in [2.45, 2.75) is 104 Å². The van der Waals surface area contributed by atoms with Crippen LogP contribution in [0.25, 0.3) is 0 Å². The summed E-state index contributed by atoms with van der Waals surface area (Å²) in [5, 5.41) is 0. The first-order valence-electron chi connectivity index (χ1n) is 8.12. The van der Waals surface area contributed by atoms with Crippen molar-refractivity contribution in [3.8, 4) is 0 Å². The Kier molecular flexibility index (Phi) is 27.5. The van der Waals surface area contributed by atoms with Gasteiger partial charge in [-0.2, -0.15) is 0 Å². The molecule has 0 spiro atoms. The zero-order valence-electron chi connectivity index (χ0n) is 12.8. The van der Waals surface area contributed by atoms with E-state index in [0.717, 1.165) is 0 Å². The summed E-state index contributed by atoms with van der Waals surface area (Å²) in [5.41, 5.74) is 0. The van der Waals surface area contributed by atoms with Gasteiger partial charge in [-0.05, 0) is 0 Å². The number of unbranched alkanes of at least 4 members (excludes halogenated alkanes) is 13. The van der Waals surface area contributed by atoms with E-state index in [1.807, 2.05) is 13.7 Å². The molecule has 18 heavy (non-hydrogen) atoms. The molecule has 112 valence electrons. The van der Waals surface area contributed by atoms with Crippen LogP contribution < -0.4 is 0 Å². The van der Waals surface area contributed by atoms with Gasteiger partial charge >= 0.3 is 27.3 Å². The van der Waals surface area contributed by atoms with Crippen LogP contribution in [0, 0.1) is 0 Å². The van der Waals surface area contributed by atoms with E-state index < -0.39 is 0 Å². The van der Waals surface area contributed by atoms with Gasteiger partial charge in [0, 0.05) is 0 Å². The molecule has 0 nitrogen and oxygen atoms in total. The molecule has 0 saturated heterocycles. The molecule has 0 bridgehead atoms. The third-order valence-electron chi connectivity index (χ3n) is 3.46. The summed E-state index contributed by atoms with van der Waals surface area (Å²) in [6, 6.07) is 0. The Morgan fingerprint density at radius 2 is 0.611 bits per heavy atom. The van der Waals surface area contributed by atoms with Crippen LogP contribution in [0.2, 0.25) is 0 Å². The second-order valence-electron chi connectivity index (χ2n) is 5.24. The van der Waals surface area contributed by atoms with Crippen LogP contribution in [0.4, 0.5) is 0 Å². The minimum atomic E-state index is 1.37. The van der Waals surface area contributed by atoms with E-state index in [-0.39, 0.29) is 0 Å². The Morgan fingerprint density at radius 3 is 0.778 bits per heavy atom. The van der Waals surface area contributed by atoms with Gasteiger partial charge in [-0.25, -0.2) is 0 Å². The predicted molar refractivity (Wildman–Crippen MR) is 90.3 cm³/mol. The summed E-state index contributed by atoms with van der Waals surface area (Å²) < 4.78 is 0. The van der Waals surface area contributed by atoms with E-state index in [1.165, 1.54) is 89.9 Å². The monoisotopic (exact) mass is 388 g/mol. The Labute approximate surface area is 131 Å². The molecule has 0 atom stereocenters. The maximum atomic E-state index is 2.62. The third-order valence-corrected chi connectivity index (χ3v) is 3.46. The van der Waals surface area contributed by atoms with Gasteiger partial charge in [0.2, 0.25) is 0 Å². The summed E-state index contributed by atoms with van der Waals surface area (Å²) in [6.45, 7) is 4.58. The van der Waals surface area contributed by atoms with E-state index in [9.17, 15) is 0 Å². The van der Waals surface area contributed by atoms with Gasteiger partial charge in [0.15, 0.2) is 0 Å². The molecule has 0 radical (unpaired) electrons. The second kappa shape index (κ2) is 23.2. The summed E-state index contributed by atoms with van der Waals surface area (Å²) >= 11 is 4.50. The van der Waals surface area contributed by atoms with Crippen LogP contribution in [-0.2, 0) is 0 Å². The Morgan fingerprint density at radius 1 is 0.444 bits per heavy atom. The molecule has 0 aromatic heterocycles. The van der Waals surface area contributed by atoms with Crippen molar-refractivity contribution < 1.29 is 0 Å². The molecule has 0 aromatic rings. The quantitative estimate of drug-likeness (QED) is 0.302. The van der Waals surface area contributed by atoms with Gasteiger partial charge < -0.3 is 0 Å². The van der Waals surface area contributed by atoms with Gasteiger partial charge in [0.25, 0.3) is 0 Å². The fourth-order valence-corrected chi connectivity index (χ4v) is 2.27. The van der Waals surface area contributed by atoms with Gasteiger partial charge in [-0.3, -0.25) is 0 Å². The van der Waals surface area contributed by atoms with Crippen molar-refractivity contribution in [2.75, 3.05) is 0 Å². The molecular weight excluding hydrogens is 350 g/mol. The Bertz CT molecular complexity index is 112. The van der Waals surface area contributed by atoms with E-state index >= 15 is 0 Å². The molecule has 0 amide bonds. The van der Waals surface area contributed by atoms with Crippen molar-refractivity contribution >= 4 is 27.3 Å². The molecule has 0 fully saturated rings. The first-order valence-corrected chi connectivity index (χ1v) is 13.4. The van der Waals surface area contributed by atoms with E-state index in [2.05, 4.69) is 27.5 Å². The molecule has 0 unspecified atom stereocenters. The Hall–Kier alpha value is 1.04. The van der Waals surface area contributed by atoms with E-state index in [1.54, 1.807) is 0 Å². The maximum absolute atomic E-state index is 2.62. The van der Waals surface area contributed by atoms with E-state index in [4.69, 9.17) is 0 Å². The summed E-state index contributed by atoms with van der Waals surface area (Å²) in [7, 11) is 0. The average Bonchev–Trinajstić information content (AvgIpc) is 2.42. The van der Waals surface area contributed by atoms with Crippen LogP contribution in [0.5, 0.6) is 0 Å². The zero-order chi connectivity index (χ0) is 13.9. The third kappa shape index (κ3) is 22.2.